The van der Waals surface area contributed by atoms with E-state index in [1.165, 1.54) is 0 Å². The van der Waals surface area contributed by atoms with Gasteiger partial charge in [0.25, 0.3) is 0 Å². The lowest BCUT2D eigenvalue weighted by molar-refractivity contribution is 0.808. The van der Waals surface area contributed by atoms with Gasteiger partial charge in [0.1, 0.15) is 0 Å². The molecule has 0 aliphatic carbocycles. The number of nitrogens with zero attached hydrogens (tertiary/aromatic N) is 3. The maximum atomic E-state index is 4.49. The molecule has 68 valence electrons. The molecule has 2 aromatic heterocycles. The molecule has 0 atom stereocenters. The zero-order valence-corrected chi connectivity index (χ0v) is 8.15. The van der Waals surface area contributed by atoms with Gasteiger partial charge < -0.3 is 4.40 Å². The van der Waals surface area contributed by atoms with E-state index in [0.717, 1.165) is 17.0 Å². The van der Waals surface area contributed by atoms with Crippen LogP contribution in [0.5, 0.6) is 0 Å². The van der Waals surface area contributed by atoms with Crippen molar-refractivity contribution in [3.8, 4) is 0 Å². The summed E-state index contributed by atoms with van der Waals surface area (Å²) in [5.74, 6) is 0.421. The van der Waals surface area contributed by atoms with Crippen LogP contribution in [0.25, 0.3) is 5.65 Å². The van der Waals surface area contributed by atoms with Crippen LogP contribution in [0.3, 0.4) is 0 Å². The highest BCUT2D eigenvalue weighted by Crippen LogP contribution is 2.16. The fourth-order valence-corrected chi connectivity index (χ4v) is 1.47. The third-order valence-electron chi connectivity index (χ3n) is 2.07. The Morgan fingerprint density at radius 2 is 2.15 bits per heavy atom. The van der Waals surface area contributed by atoms with Crippen LogP contribution in [0.1, 0.15) is 31.2 Å². The minimum atomic E-state index is 0.421. The third-order valence-corrected chi connectivity index (χ3v) is 2.07. The van der Waals surface area contributed by atoms with E-state index in [2.05, 4.69) is 23.8 Å². The van der Waals surface area contributed by atoms with E-state index in [4.69, 9.17) is 0 Å². The van der Waals surface area contributed by atoms with E-state index in [1.54, 1.807) is 0 Å². The standard InChI is InChI=1S/C10H13N3/c1-7(2)9-10-11-4-5-13(10)6-8(3)12-9/h4-7H,1-3H3. The Hall–Kier alpha value is -1.38. The summed E-state index contributed by atoms with van der Waals surface area (Å²) >= 11 is 0. The number of fused-ring (bicyclic) bond motifs is 1. The Morgan fingerprint density at radius 3 is 2.85 bits per heavy atom. The zero-order valence-electron chi connectivity index (χ0n) is 8.15. The summed E-state index contributed by atoms with van der Waals surface area (Å²) in [6.07, 6.45) is 5.76. The number of hydrogen-bond donors (Lipinski definition) is 0. The van der Waals surface area contributed by atoms with Crippen molar-refractivity contribution in [1.82, 2.24) is 14.4 Å². The van der Waals surface area contributed by atoms with Gasteiger partial charge in [-0.15, -0.1) is 0 Å². The van der Waals surface area contributed by atoms with E-state index < -0.39 is 0 Å². The molecule has 13 heavy (non-hydrogen) atoms. The number of rotatable bonds is 1. The van der Waals surface area contributed by atoms with Crippen LogP contribution >= 0.6 is 0 Å². The van der Waals surface area contributed by atoms with Crippen molar-refractivity contribution in [2.24, 2.45) is 0 Å². The van der Waals surface area contributed by atoms with E-state index in [1.807, 2.05) is 29.9 Å². The normalized spacial score (nSPS) is 11.4. The fraction of sp³-hybridized carbons (Fsp3) is 0.400. The molecule has 0 N–H and O–H groups in total. The van der Waals surface area contributed by atoms with Crippen molar-refractivity contribution in [2.75, 3.05) is 0 Å². The summed E-state index contributed by atoms with van der Waals surface area (Å²) in [6, 6.07) is 0. The molecule has 3 nitrogen and oxygen atoms in total. The second-order valence-electron chi connectivity index (χ2n) is 3.58. The van der Waals surface area contributed by atoms with Gasteiger partial charge in [0.05, 0.1) is 11.4 Å². The molecule has 0 radical (unpaired) electrons. The fourth-order valence-electron chi connectivity index (χ4n) is 1.47. The molecule has 0 fully saturated rings. The van der Waals surface area contributed by atoms with Gasteiger partial charge in [-0.05, 0) is 12.8 Å². The van der Waals surface area contributed by atoms with Crippen molar-refractivity contribution < 1.29 is 0 Å². The van der Waals surface area contributed by atoms with Crippen LogP contribution in [0.15, 0.2) is 18.6 Å². The maximum Gasteiger partial charge on any atom is 0.158 e. The molecule has 0 amide bonds. The molecule has 0 unspecified atom stereocenters. The lowest BCUT2D eigenvalue weighted by Crippen LogP contribution is -2.00. The molecule has 2 aromatic rings. The van der Waals surface area contributed by atoms with Gasteiger partial charge in [0.2, 0.25) is 0 Å². The van der Waals surface area contributed by atoms with Crippen molar-refractivity contribution in [2.45, 2.75) is 26.7 Å². The lowest BCUT2D eigenvalue weighted by Gasteiger charge is -2.07. The first-order chi connectivity index (χ1) is 6.18. The second-order valence-corrected chi connectivity index (χ2v) is 3.58. The second kappa shape index (κ2) is 2.83. The van der Waals surface area contributed by atoms with Crippen LogP contribution < -0.4 is 0 Å². The SMILES string of the molecule is Cc1cn2ccnc2c(C(C)C)n1. The Bertz CT molecular complexity index is 429. The quantitative estimate of drug-likeness (QED) is 0.664. The molecule has 0 spiro atoms. The molecule has 0 aromatic carbocycles. The van der Waals surface area contributed by atoms with E-state index in [9.17, 15) is 0 Å². The number of imidazole rings is 1. The van der Waals surface area contributed by atoms with Gasteiger partial charge in [-0.3, -0.25) is 4.98 Å². The molecule has 0 saturated carbocycles. The van der Waals surface area contributed by atoms with Gasteiger partial charge in [-0.2, -0.15) is 0 Å². The smallest absolute Gasteiger partial charge is 0.158 e. The topological polar surface area (TPSA) is 30.2 Å². The lowest BCUT2D eigenvalue weighted by atomic mass is 10.1. The predicted octanol–water partition coefficient (Wildman–Crippen LogP) is 2.16. The van der Waals surface area contributed by atoms with Crippen molar-refractivity contribution in [1.29, 1.82) is 0 Å². The summed E-state index contributed by atoms with van der Waals surface area (Å²) in [4.78, 5) is 8.77. The Morgan fingerprint density at radius 1 is 1.38 bits per heavy atom. The van der Waals surface area contributed by atoms with Crippen LogP contribution in [0.2, 0.25) is 0 Å². The molecule has 0 aliphatic rings. The van der Waals surface area contributed by atoms with Crippen LogP contribution in [0, 0.1) is 6.92 Å². The average molecular weight is 175 g/mol. The van der Waals surface area contributed by atoms with Crippen LogP contribution in [-0.2, 0) is 0 Å². The zero-order chi connectivity index (χ0) is 9.42. The molecule has 2 heterocycles. The van der Waals surface area contributed by atoms with Crippen LogP contribution in [0.4, 0.5) is 0 Å². The Labute approximate surface area is 77.4 Å². The van der Waals surface area contributed by atoms with Gasteiger partial charge in [0, 0.05) is 18.6 Å². The summed E-state index contributed by atoms with van der Waals surface area (Å²) < 4.78 is 2.03. The molecule has 0 bridgehead atoms. The number of aryl methyl sites for hydroxylation is 1. The van der Waals surface area contributed by atoms with Crippen molar-refractivity contribution in [3.63, 3.8) is 0 Å². The maximum absolute atomic E-state index is 4.49. The van der Waals surface area contributed by atoms with Gasteiger partial charge in [-0.25, -0.2) is 4.98 Å². The summed E-state index contributed by atoms with van der Waals surface area (Å²) in [6.45, 7) is 6.28. The number of hydrogen-bond acceptors (Lipinski definition) is 2. The van der Waals surface area contributed by atoms with Gasteiger partial charge >= 0.3 is 0 Å². The van der Waals surface area contributed by atoms with Crippen molar-refractivity contribution >= 4 is 5.65 Å². The monoisotopic (exact) mass is 175 g/mol. The molecule has 3 heteroatoms. The summed E-state index contributed by atoms with van der Waals surface area (Å²) in [5, 5.41) is 0. The number of aromatic nitrogens is 3. The van der Waals surface area contributed by atoms with Gasteiger partial charge in [-0.1, -0.05) is 13.8 Å². The highest BCUT2D eigenvalue weighted by atomic mass is 15.0. The average Bonchev–Trinajstić information content (AvgIpc) is 2.49. The third kappa shape index (κ3) is 1.30. The Kier molecular flexibility index (Phi) is 1.79. The van der Waals surface area contributed by atoms with E-state index in [0.29, 0.717) is 5.92 Å². The first-order valence-electron chi connectivity index (χ1n) is 4.48. The highest BCUT2D eigenvalue weighted by molar-refractivity contribution is 5.45. The van der Waals surface area contributed by atoms with Crippen LogP contribution in [-0.4, -0.2) is 14.4 Å². The van der Waals surface area contributed by atoms with Crippen molar-refractivity contribution in [3.05, 3.63) is 30.0 Å². The predicted molar refractivity (Wildman–Crippen MR) is 51.8 cm³/mol. The molecular formula is C10H13N3. The summed E-state index contributed by atoms with van der Waals surface area (Å²) in [7, 11) is 0. The molecule has 0 saturated heterocycles. The minimum absolute atomic E-state index is 0.421. The van der Waals surface area contributed by atoms with Gasteiger partial charge in [0.15, 0.2) is 5.65 Å². The first-order valence-corrected chi connectivity index (χ1v) is 4.48. The molecule has 2 rings (SSSR count). The first kappa shape index (κ1) is 8.23. The minimum Gasteiger partial charge on any atom is -0.304 e. The molecular weight excluding hydrogens is 162 g/mol. The highest BCUT2D eigenvalue weighted by Gasteiger charge is 2.08. The molecule has 0 aliphatic heterocycles. The van der Waals surface area contributed by atoms with E-state index >= 15 is 0 Å². The Balaban J connectivity index is 2.77. The summed E-state index contributed by atoms with van der Waals surface area (Å²) in [5.41, 5.74) is 3.08. The largest absolute Gasteiger partial charge is 0.304 e. The van der Waals surface area contributed by atoms with E-state index in [-0.39, 0.29) is 0 Å².